The van der Waals surface area contributed by atoms with E-state index in [0.717, 1.165) is 4.88 Å². The van der Waals surface area contributed by atoms with Gasteiger partial charge in [-0.2, -0.15) is 4.98 Å². The molecule has 0 bridgehead atoms. The van der Waals surface area contributed by atoms with Gasteiger partial charge in [-0.1, -0.05) is 6.07 Å². The minimum absolute atomic E-state index is 0.145. The monoisotopic (exact) mass is 382 g/mol. The highest BCUT2D eigenvalue weighted by Crippen LogP contribution is 2.49. The van der Waals surface area contributed by atoms with Gasteiger partial charge >= 0.3 is 7.60 Å². The summed E-state index contributed by atoms with van der Waals surface area (Å²) in [6.45, 7) is 4.33. The van der Waals surface area contributed by atoms with E-state index in [1.165, 1.54) is 11.3 Å². The van der Waals surface area contributed by atoms with E-state index in [9.17, 15) is 4.57 Å². The molecular weight excluding hydrogens is 363 g/mol. The van der Waals surface area contributed by atoms with Crippen molar-refractivity contribution in [2.75, 3.05) is 18.5 Å². The van der Waals surface area contributed by atoms with Crippen LogP contribution in [0.15, 0.2) is 44.7 Å². The van der Waals surface area contributed by atoms with Crippen molar-refractivity contribution in [2.24, 2.45) is 0 Å². The average molecular weight is 382 g/mol. The number of aromatic nitrogens is 1. The van der Waals surface area contributed by atoms with Crippen molar-refractivity contribution in [3.63, 3.8) is 0 Å². The lowest BCUT2D eigenvalue weighted by molar-refractivity contribution is 0.229. The van der Waals surface area contributed by atoms with Crippen LogP contribution in [0.25, 0.3) is 10.8 Å². The Kier molecular flexibility index (Phi) is 5.75. The number of anilines is 1. The first-order valence-electron chi connectivity index (χ1n) is 7.87. The van der Waals surface area contributed by atoms with Crippen LogP contribution >= 0.6 is 18.9 Å². The molecule has 3 heterocycles. The number of furan rings is 1. The Bertz CT molecular complexity index is 819. The van der Waals surface area contributed by atoms with E-state index in [0.29, 0.717) is 18.2 Å². The van der Waals surface area contributed by atoms with Crippen LogP contribution in [0, 0.1) is 0 Å². The van der Waals surface area contributed by atoms with Crippen molar-refractivity contribution in [1.82, 2.24) is 4.98 Å². The van der Waals surface area contributed by atoms with Crippen LogP contribution in [0.2, 0.25) is 0 Å². The second kappa shape index (κ2) is 8.01. The maximum absolute atomic E-state index is 13.2. The highest BCUT2D eigenvalue weighted by atomic mass is 32.1. The molecule has 0 aromatic carbocycles. The van der Waals surface area contributed by atoms with E-state index in [4.69, 9.17) is 17.9 Å². The number of hydrogen-bond acceptors (Lipinski definition) is 8. The lowest BCUT2D eigenvalue weighted by Gasteiger charge is -2.15. The van der Waals surface area contributed by atoms with Crippen molar-refractivity contribution in [3.8, 4) is 10.8 Å². The maximum atomic E-state index is 13.2. The molecule has 0 aliphatic rings. The van der Waals surface area contributed by atoms with Crippen LogP contribution in [0.5, 0.6) is 0 Å². The molecule has 0 unspecified atom stereocenters. The van der Waals surface area contributed by atoms with E-state index in [2.05, 4.69) is 10.3 Å². The average Bonchev–Trinajstić information content (AvgIpc) is 3.33. The summed E-state index contributed by atoms with van der Waals surface area (Å²) in [4.78, 5) is 5.23. The third-order valence-electron chi connectivity index (χ3n) is 3.20. The number of nitrogens with one attached hydrogen (secondary N) is 1. The number of hydrogen-bond donors (Lipinski definition) is 1. The number of oxazole rings is 1. The molecule has 0 radical (unpaired) electrons. The first-order chi connectivity index (χ1) is 12.2. The van der Waals surface area contributed by atoms with Crippen molar-refractivity contribution in [1.29, 1.82) is 0 Å². The third-order valence-corrected chi connectivity index (χ3v) is 6.08. The van der Waals surface area contributed by atoms with Crippen LogP contribution < -0.4 is 10.8 Å². The third kappa shape index (κ3) is 4.04. The van der Waals surface area contributed by atoms with Gasteiger partial charge in [0.2, 0.25) is 17.2 Å². The lowest BCUT2D eigenvalue weighted by atomic mass is 10.4. The van der Waals surface area contributed by atoms with Crippen LogP contribution in [-0.2, 0) is 20.2 Å². The summed E-state index contributed by atoms with van der Waals surface area (Å²) in [5.41, 5.74) is 0.145. The minimum Gasteiger partial charge on any atom is -0.467 e. The second-order valence-corrected chi connectivity index (χ2v) is 7.80. The van der Waals surface area contributed by atoms with Crippen molar-refractivity contribution in [3.05, 3.63) is 41.7 Å². The standard InChI is InChI=1S/C16H19N2O5PS/c1-3-21-24(19,22-4-2)16-15(17-11-12-7-5-9-20-12)23-14(18-16)13-8-6-10-25-13/h5-10,17H,3-4,11H2,1-2H3. The SMILES string of the molecule is CCOP(=O)(OCC)c1nc(-c2cccs2)oc1NCc1ccco1. The van der Waals surface area contributed by atoms with Gasteiger partial charge in [0.15, 0.2) is 0 Å². The molecule has 0 aliphatic carbocycles. The molecule has 134 valence electrons. The molecule has 3 aromatic rings. The van der Waals surface area contributed by atoms with Gasteiger partial charge in [-0.25, -0.2) is 0 Å². The Hall–Kier alpha value is -1.86. The van der Waals surface area contributed by atoms with Gasteiger partial charge in [0.25, 0.3) is 0 Å². The van der Waals surface area contributed by atoms with E-state index < -0.39 is 7.60 Å². The zero-order valence-electron chi connectivity index (χ0n) is 13.9. The van der Waals surface area contributed by atoms with Gasteiger partial charge in [0.1, 0.15) is 5.76 Å². The number of rotatable bonds is 9. The van der Waals surface area contributed by atoms with Crippen LogP contribution in [0.3, 0.4) is 0 Å². The molecule has 0 saturated carbocycles. The van der Waals surface area contributed by atoms with E-state index >= 15 is 0 Å². The molecule has 0 spiro atoms. The van der Waals surface area contributed by atoms with Crippen LogP contribution in [0.4, 0.5) is 5.88 Å². The highest BCUT2D eigenvalue weighted by Gasteiger charge is 2.36. The molecule has 0 atom stereocenters. The van der Waals surface area contributed by atoms with Crippen molar-refractivity contribution >= 4 is 30.3 Å². The summed E-state index contributed by atoms with van der Waals surface area (Å²) in [7, 11) is -3.59. The fourth-order valence-electron chi connectivity index (χ4n) is 2.20. The zero-order chi connectivity index (χ0) is 17.7. The molecule has 9 heteroatoms. The molecular formula is C16H19N2O5PS. The molecule has 0 amide bonds. The van der Waals surface area contributed by atoms with Gasteiger partial charge in [-0.3, -0.25) is 4.57 Å². The lowest BCUT2D eigenvalue weighted by Crippen LogP contribution is -2.16. The van der Waals surface area contributed by atoms with Gasteiger partial charge in [-0.05, 0) is 37.4 Å². The maximum Gasteiger partial charge on any atom is 0.385 e. The minimum atomic E-state index is -3.59. The summed E-state index contributed by atoms with van der Waals surface area (Å²) in [6, 6.07) is 7.39. The molecule has 7 nitrogen and oxygen atoms in total. The van der Waals surface area contributed by atoms with E-state index in [1.807, 2.05) is 23.6 Å². The first-order valence-corrected chi connectivity index (χ1v) is 10.3. The summed E-state index contributed by atoms with van der Waals surface area (Å²) in [6.07, 6.45) is 1.58. The normalized spacial score (nSPS) is 11.8. The van der Waals surface area contributed by atoms with Gasteiger partial charge in [-0.15, -0.1) is 11.3 Å². The topological polar surface area (TPSA) is 86.7 Å². The fourth-order valence-corrected chi connectivity index (χ4v) is 4.43. The quantitative estimate of drug-likeness (QED) is 0.545. The highest BCUT2D eigenvalue weighted by molar-refractivity contribution is 7.62. The van der Waals surface area contributed by atoms with E-state index in [1.54, 1.807) is 26.2 Å². The van der Waals surface area contributed by atoms with Gasteiger partial charge in [0.05, 0.1) is 30.9 Å². The molecule has 25 heavy (non-hydrogen) atoms. The predicted molar refractivity (Wildman–Crippen MR) is 96.3 cm³/mol. The Labute approximate surface area is 149 Å². The Morgan fingerprint density at radius 3 is 2.64 bits per heavy atom. The van der Waals surface area contributed by atoms with Crippen LogP contribution in [0.1, 0.15) is 19.6 Å². The van der Waals surface area contributed by atoms with Gasteiger partial charge in [0, 0.05) is 0 Å². The largest absolute Gasteiger partial charge is 0.467 e. The predicted octanol–water partition coefficient (Wildman–Crippen LogP) is 4.50. The van der Waals surface area contributed by atoms with E-state index in [-0.39, 0.29) is 24.5 Å². The molecule has 3 rings (SSSR count). The number of nitrogens with zero attached hydrogens (tertiary/aromatic N) is 1. The van der Waals surface area contributed by atoms with Crippen molar-refractivity contribution in [2.45, 2.75) is 20.4 Å². The molecule has 1 N–H and O–H groups in total. The van der Waals surface area contributed by atoms with Crippen LogP contribution in [-0.4, -0.2) is 18.2 Å². The molecule has 0 aliphatic heterocycles. The van der Waals surface area contributed by atoms with Gasteiger partial charge < -0.3 is 23.2 Å². The molecule has 3 aromatic heterocycles. The smallest absolute Gasteiger partial charge is 0.385 e. The fraction of sp³-hybridized carbons (Fsp3) is 0.312. The summed E-state index contributed by atoms with van der Waals surface area (Å²) < 4.78 is 35.1. The van der Waals surface area contributed by atoms with Crippen molar-refractivity contribution < 1.29 is 22.4 Å². The molecule has 0 saturated heterocycles. The zero-order valence-corrected chi connectivity index (χ0v) is 15.6. The Morgan fingerprint density at radius 1 is 1.24 bits per heavy atom. The second-order valence-electron chi connectivity index (χ2n) is 4.91. The summed E-state index contributed by atoms with van der Waals surface area (Å²) in [5, 5.41) is 4.99. The Balaban J connectivity index is 1.96. The first kappa shape index (κ1) is 17.9. The summed E-state index contributed by atoms with van der Waals surface area (Å²) >= 11 is 1.48. The Morgan fingerprint density at radius 2 is 2.04 bits per heavy atom. The number of thiophene rings is 1. The molecule has 0 fully saturated rings. The summed E-state index contributed by atoms with van der Waals surface area (Å²) in [5.74, 6) is 1.33.